The van der Waals surface area contributed by atoms with Crippen LogP contribution in [0, 0.1) is 5.92 Å². The number of anilines is 1. The fourth-order valence-electron chi connectivity index (χ4n) is 3.11. The van der Waals surface area contributed by atoms with Crippen LogP contribution in [-0.2, 0) is 11.3 Å². The molecule has 2 amide bonds. The van der Waals surface area contributed by atoms with Gasteiger partial charge in [-0.1, -0.05) is 24.3 Å². The minimum Gasteiger partial charge on any atom is -0.352 e. The molecule has 3 rings (SSSR count). The fourth-order valence-corrected chi connectivity index (χ4v) is 3.11. The zero-order valence-corrected chi connectivity index (χ0v) is 17.6. The molecule has 7 nitrogen and oxygen atoms in total. The summed E-state index contributed by atoms with van der Waals surface area (Å²) >= 11 is 0. The summed E-state index contributed by atoms with van der Waals surface area (Å²) in [6, 6.07) is 7.82. The van der Waals surface area contributed by atoms with Gasteiger partial charge in [0.2, 0.25) is 11.9 Å². The van der Waals surface area contributed by atoms with Crippen LogP contribution in [0.2, 0.25) is 0 Å². The van der Waals surface area contributed by atoms with E-state index in [-0.39, 0.29) is 17.7 Å². The van der Waals surface area contributed by atoms with E-state index in [1.54, 1.807) is 11.1 Å². The number of benzene rings is 1. The molecule has 0 bridgehead atoms. The molecular weight excluding hydrogens is 366 g/mol. The molecule has 1 aliphatic rings. The predicted octanol–water partition coefficient (Wildman–Crippen LogP) is 2.72. The first-order valence-electron chi connectivity index (χ1n) is 10.1. The van der Waals surface area contributed by atoms with Crippen LogP contribution in [0.4, 0.5) is 5.95 Å². The molecule has 0 spiro atoms. The first kappa shape index (κ1) is 20.8. The SMILES string of the molecule is CCN(CC)C(=O)c1cnc(N(C)C)nc1-c1ccc(CNC(=O)C2CC2)cc1. The zero-order chi connectivity index (χ0) is 21.0. The Hall–Kier alpha value is -2.96. The molecule has 1 N–H and O–H groups in total. The molecule has 7 heteroatoms. The lowest BCUT2D eigenvalue weighted by Gasteiger charge is -2.21. The highest BCUT2D eigenvalue weighted by atomic mass is 16.2. The van der Waals surface area contributed by atoms with Gasteiger partial charge in [0, 0.05) is 51.4 Å². The lowest BCUT2D eigenvalue weighted by atomic mass is 10.0. The van der Waals surface area contributed by atoms with Crippen molar-refractivity contribution >= 4 is 17.8 Å². The number of carbonyl (C=O) groups excluding carboxylic acids is 2. The Morgan fingerprint density at radius 3 is 2.31 bits per heavy atom. The highest BCUT2D eigenvalue weighted by molar-refractivity contribution is 5.99. The summed E-state index contributed by atoms with van der Waals surface area (Å²) in [4.78, 5) is 37.4. The minimum atomic E-state index is -0.0731. The smallest absolute Gasteiger partial charge is 0.257 e. The van der Waals surface area contributed by atoms with Crippen molar-refractivity contribution in [3.05, 3.63) is 41.6 Å². The maximum absolute atomic E-state index is 13.0. The van der Waals surface area contributed by atoms with Gasteiger partial charge in [0.15, 0.2) is 0 Å². The molecule has 1 saturated carbocycles. The Bertz CT molecular complexity index is 871. The van der Waals surface area contributed by atoms with Gasteiger partial charge in [-0.05, 0) is 32.3 Å². The van der Waals surface area contributed by atoms with Crippen LogP contribution in [0.1, 0.15) is 42.6 Å². The fraction of sp³-hybridized carbons (Fsp3) is 0.455. The van der Waals surface area contributed by atoms with Crippen LogP contribution in [0.15, 0.2) is 30.5 Å². The monoisotopic (exact) mass is 395 g/mol. The quantitative estimate of drug-likeness (QED) is 0.744. The van der Waals surface area contributed by atoms with Crippen molar-refractivity contribution in [2.45, 2.75) is 33.2 Å². The summed E-state index contributed by atoms with van der Waals surface area (Å²) in [7, 11) is 3.74. The number of aromatic nitrogens is 2. The molecule has 2 aromatic rings. The van der Waals surface area contributed by atoms with E-state index in [9.17, 15) is 9.59 Å². The third-order valence-corrected chi connectivity index (χ3v) is 5.10. The van der Waals surface area contributed by atoms with E-state index in [0.717, 1.165) is 24.0 Å². The third kappa shape index (κ3) is 4.91. The first-order chi connectivity index (χ1) is 13.9. The molecule has 1 heterocycles. The first-order valence-corrected chi connectivity index (χ1v) is 10.1. The Kier molecular flexibility index (Phi) is 6.46. The molecule has 1 aromatic carbocycles. The number of rotatable bonds is 8. The van der Waals surface area contributed by atoms with E-state index in [4.69, 9.17) is 0 Å². The van der Waals surface area contributed by atoms with E-state index in [0.29, 0.717) is 36.8 Å². The maximum Gasteiger partial charge on any atom is 0.257 e. The van der Waals surface area contributed by atoms with Crippen molar-refractivity contribution in [2.24, 2.45) is 5.92 Å². The van der Waals surface area contributed by atoms with Crippen molar-refractivity contribution in [1.29, 1.82) is 0 Å². The maximum atomic E-state index is 13.0. The van der Waals surface area contributed by atoms with Crippen molar-refractivity contribution in [2.75, 3.05) is 32.1 Å². The number of nitrogens with zero attached hydrogens (tertiary/aromatic N) is 4. The average Bonchev–Trinajstić information content (AvgIpc) is 3.58. The van der Waals surface area contributed by atoms with Crippen molar-refractivity contribution in [3.8, 4) is 11.3 Å². The normalized spacial score (nSPS) is 13.1. The van der Waals surface area contributed by atoms with Gasteiger partial charge in [-0.15, -0.1) is 0 Å². The lowest BCUT2D eigenvalue weighted by Crippen LogP contribution is -2.31. The molecule has 1 aliphatic carbocycles. The average molecular weight is 396 g/mol. The highest BCUT2D eigenvalue weighted by Crippen LogP contribution is 2.29. The molecule has 154 valence electrons. The molecule has 0 radical (unpaired) electrons. The highest BCUT2D eigenvalue weighted by Gasteiger charge is 2.29. The minimum absolute atomic E-state index is 0.0731. The van der Waals surface area contributed by atoms with Gasteiger partial charge in [0.05, 0.1) is 11.3 Å². The Morgan fingerprint density at radius 2 is 1.76 bits per heavy atom. The summed E-state index contributed by atoms with van der Waals surface area (Å²) < 4.78 is 0. The second-order valence-electron chi connectivity index (χ2n) is 7.49. The topological polar surface area (TPSA) is 78.4 Å². The number of amides is 2. The van der Waals surface area contributed by atoms with Crippen LogP contribution in [0.3, 0.4) is 0 Å². The molecule has 0 saturated heterocycles. The van der Waals surface area contributed by atoms with Crippen LogP contribution in [0.5, 0.6) is 0 Å². The van der Waals surface area contributed by atoms with Crippen LogP contribution >= 0.6 is 0 Å². The molecular formula is C22H29N5O2. The number of hydrogen-bond acceptors (Lipinski definition) is 5. The molecule has 0 aliphatic heterocycles. The van der Waals surface area contributed by atoms with Gasteiger partial charge < -0.3 is 15.1 Å². The van der Waals surface area contributed by atoms with Gasteiger partial charge in [-0.3, -0.25) is 9.59 Å². The molecule has 0 atom stereocenters. The standard InChI is InChI=1S/C22H29N5O2/c1-5-27(6-2)21(29)18-14-24-22(26(3)4)25-19(18)16-9-7-15(8-10-16)13-23-20(28)17-11-12-17/h7-10,14,17H,5-6,11-13H2,1-4H3,(H,23,28). The third-order valence-electron chi connectivity index (χ3n) is 5.10. The Labute approximate surface area is 172 Å². The van der Waals surface area contributed by atoms with E-state index in [1.165, 1.54) is 0 Å². The van der Waals surface area contributed by atoms with Gasteiger partial charge >= 0.3 is 0 Å². The zero-order valence-electron chi connectivity index (χ0n) is 17.6. The van der Waals surface area contributed by atoms with E-state index in [2.05, 4.69) is 15.3 Å². The van der Waals surface area contributed by atoms with Gasteiger partial charge in [0.1, 0.15) is 0 Å². The number of hydrogen-bond donors (Lipinski definition) is 1. The summed E-state index contributed by atoms with van der Waals surface area (Å²) in [5.74, 6) is 0.814. The summed E-state index contributed by atoms with van der Waals surface area (Å²) in [5.41, 5.74) is 2.98. The Morgan fingerprint density at radius 1 is 1.10 bits per heavy atom. The molecule has 1 aromatic heterocycles. The summed E-state index contributed by atoms with van der Waals surface area (Å²) in [5, 5.41) is 2.97. The van der Waals surface area contributed by atoms with Crippen molar-refractivity contribution in [1.82, 2.24) is 20.2 Å². The largest absolute Gasteiger partial charge is 0.352 e. The number of nitrogens with one attached hydrogen (secondary N) is 1. The second kappa shape index (κ2) is 9.03. The summed E-state index contributed by atoms with van der Waals surface area (Å²) in [6.07, 6.45) is 3.61. The lowest BCUT2D eigenvalue weighted by molar-refractivity contribution is -0.122. The number of carbonyl (C=O) groups is 2. The van der Waals surface area contributed by atoms with Crippen LogP contribution in [-0.4, -0.2) is 53.9 Å². The predicted molar refractivity (Wildman–Crippen MR) is 114 cm³/mol. The van der Waals surface area contributed by atoms with Crippen molar-refractivity contribution < 1.29 is 9.59 Å². The van der Waals surface area contributed by atoms with Crippen LogP contribution in [0.25, 0.3) is 11.3 Å². The van der Waals surface area contributed by atoms with Gasteiger partial charge in [-0.2, -0.15) is 0 Å². The molecule has 0 unspecified atom stereocenters. The second-order valence-corrected chi connectivity index (χ2v) is 7.49. The van der Waals surface area contributed by atoms with E-state index in [1.807, 2.05) is 57.1 Å². The molecule has 1 fully saturated rings. The summed E-state index contributed by atoms with van der Waals surface area (Å²) in [6.45, 7) is 5.68. The molecule has 29 heavy (non-hydrogen) atoms. The Balaban J connectivity index is 1.87. The van der Waals surface area contributed by atoms with Gasteiger partial charge in [0.25, 0.3) is 5.91 Å². The van der Waals surface area contributed by atoms with Crippen molar-refractivity contribution in [3.63, 3.8) is 0 Å². The van der Waals surface area contributed by atoms with Crippen LogP contribution < -0.4 is 10.2 Å². The van der Waals surface area contributed by atoms with E-state index >= 15 is 0 Å². The van der Waals surface area contributed by atoms with E-state index < -0.39 is 0 Å². The van der Waals surface area contributed by atoms with Gasteiger partial charge in [-0.25, -0.2) is 9.97 Å².